The lowest BCUT2D eigenvalue weighted by Crippen LogP contribution is -2.43. The summed E-state index contributed by atoms with van der Waals surface area (Å²) in [6.45, 7) is 11.2. The molecule has 0 saturated carbocycles. The van der Waals surface area contributed by atoms with Gasteiger partial charge in [0.05, 0.1) is 11.2 Å². The first-order valence-corrected chi connectivity index (χ1v) is 7.63. The number of anilines is 1. The Labute approximate surface area is 135 Å². The quantitative estimate of drug-likeness (QED) is 0.672. The van der Waals surface area contributed by atoms with Crippen LogP contribution in [0.4, 0.5) is 5.69 Å². The van der Waals surface area contributed by atoms with E-state index in [1.807, 2.05) is 12.1 Å². The molecule has 0 aliphatic carbocycles. The number of aliphatic hydroxyl groups excluding tert-OH is 1. The van der Waals surface area contributed by atoms with Gasteiger partial charge >= 0.3 is 0 Å². The van der Waals surface area contributed by atoms with Gasteiger partial charge in [-0.25, -0.2) is 0 Å². The molecule has 23 heavy (non-hydrogen) atoms. The molecule has 2 aromatic rings. The van der Waals surface area contributed by atoms with Crippen LogP contribution < -0.4 is 10.2 Å². The minimum atomic E-state index is -0.0454. The largest absolute Gasteiger partial charge is 0.508 e. The molecule has 1 fully saturated rings. The average Bonchev–Trinajstić information content (AvgIpc) is 2.59. The average molecular weight is 308 g/mol. The van der Waals surface area contributed by atoms with E-state index in [0.29, 0.717) is 11.3 Å². The van der Waals surface area contributed by atoms with E-state index in [0.717, 1.165) is 42.8 Å². The molecular weight excluding hydrogens is 288 g/mol. The fraction of sp³-hybridized carbons (Fsp3) is 0.222. The maximum atomic E-state index is 9.69. The van der Waals surface area contributed by atoms with E-state index in [1.165, 1.54) is 0 Å². The molecule has 3 rings (SSSR count). The molecule has 118 valence electrons. The fourth-order valence-electron chi connectivity index (χ4n) is 2.72. The Balaban J connectivity index is 1.96. The van der Waals surface area contributed by atoms with Crippen LogP contribution in [0.25, 0.3) is 16.5 Å². The maximum absolute atomic E-state index is 9.69. The predicted octanol–water partition coefficient (Wildman–Crippen LogP) is 2.68. The Morgan fingerprint density at radius 1 is 1.22 bits per heavy atom. The number of piperazine rings is 1. The molecular formula is C18H20N4O. The lowest BCUT2D eigenvalue weighted by Gasteiger charge is -2.29. The molecule has 0 bridgehead atoms. The van der Waals surface area contributed by atoms with Gasteiger partial charge in [0.2, 0.25) is 0 Å². The first-order chi connectivity index (χ1) is 11.2. The second-order valence-electron chi connectivity index (χ2n) is 5.47. The SMILES string of the molecule is C=C/C=C(\C(=C)O)c1cc2ccc(N3CCNCC3)cc2nn1. The van der Waals surface area contributed by atoms with Crippen LogP contribution >= 0.6 is 0 Å². The molecule has 1 saturated heterocycles. The van der Waals surface area contributed by atoms with Crippen molar-refractivity contribution in [1.82, 2.24) is 15.5 Å². The summed E-state index contributed by atoms with van der Waals surface area (Å²) in [6.07, 6.45) is 3.27. The van der Waals surface area contributed by atoms with E-state index in [9.17, 15) is 5.11 Å². The van der Waals surface area contributed by atoms with Crippen molar-refractivity contribution in [3.05, 3.63) is 61.0 Å². The summed E-state index contributed by atoms with van der Waals surface area (Å²) in [6, 6.07) is 8.10. The smallest absolute Gasteiger partial charge is 0.117 e. The van der Waals surface area contributed by atoms with E-state index < -0.39 is 0 Å². The van der Waals surface area contributed by atoms with Crippen molar-refractivity contribution in [3.63, 3.8) is 0 Å². The van der Waals surface area contributed by atoms with Gasteiger partial charge in [0.25, 0.3) is 0 Å². The number of hydrogen-bond acceptors (Lipinski definition) is 5. The zero-order valence-electron chi connectivity index (χ0n) is 13.0. The summed E-state index contributed by atoms with van der Waals surface area (Å²) in [7, 11) is 0. The van der Waals surface area contributed by atoms with E-state index in [2.05, 4.69) is 45.7 Å². The summed E-state index contributed by atoms with van der Waals surface area (Å²) in [5.41, 5.74) is 3.11. The van der Waals surface area contributed by atoms with Gasteiger partial charge < -0.3 is 15.3 Å². The molecule has 2 N–H and O–H groups in total. The predicted molar refractivity (Wildman–Crippen MR) is 94.6 cm³/mol. The molecule has 0 spiro atoms. The normalized spacial score (nSPS) is 15.7. The molecule has 0 amide bonds. The van der Waals surface area contributed by atoms with Crippen LogP contribution in [0.2, 0.25) is 0 Å². The topological polar surface area (TPSA) is 61.3 Å². The minimum Gasteiger partial charge on any atom is -0.508 e. The number of aromatic nitrogens is 2. The summed E-state index contributed by atoms with van der Waals surface area (Å²) in [5, 5.41) is 22.5. The summed E-state index contributed by atoms with van der Waals surface area (Å²) < 4.78 is 0. The van der Waals surface area contributed by atoms with Gasteiger partial charge in [-0.05, 0) is 24.3 Å². The Morgan fingerprint density at radius 2 is 2.00 bits per heavy atom. The van der Waals surface area contributed by atoms with Gasteiger partial charge in [0.1, 0.15) is 5.76 Å². The summed E-state index contributed by atoms with van der Waals surface area (Å²) >= 11 is 0. The van der Waals surface area contributed by atoms with Crippen molar-refractivity contribution < 1.29 is 5.11 Å². The number of allylic oxidation sites excluding steroid dienone is 3. The van der Waals surface area contributed by atoms with Gasteiger partial charge in [0, 0.05) is 42.8 Å². The third-order valence-electron chi connectivity index (χ3n) is 3.93. The molecule has 5 heteroatoms. The van der Waals surface area contributed by atoms with Gasteiger partial charge in [-0.2, -0.15) is 0 Å². The highest BCUT2D eigenvalue weighted by Gasteiger charge is 2.12. The van der Waals surface area contributed by atoms with E-state index in [1.54, 1.807) is 12.2 Å². The van der Waals surface area contributed by atoms with Crippen molar-refractivity contribution in [2.75, 3.05) is 31.1 Å². The Bertz CT molecular complexity index is 776. The molecule has 0 atom stereocenters. The van der Waals surface area contributed by atoms with Crippen LogP contribution in [-0.4, -0.2) is 41.5 Å². The Morgan fingerprint density at radius 3 is 2.70 bits per heavy atom. The molecule has 1 aromatic carbocycles. The minimum absolute atomic E-state index is 0.0454. The third-order valence-corrected chi connectivity index (χ3v) is 3.93. The van der Waals surface area contributed by atoms with E-state index in [-0.39, 0.29) is 5.76 Å². The highest BCUT2D eigenvalue weighted by molar-refractivity contribution is 5.86. The zero-order valence-corrected chi connectivity index (χ0v) is 13.0. The maximum Gasteiger partial charge on any atom is 0.117 e. The lowest BCUT2D eigenvalue weighted by molar-refractivity contribution is 0.440. The number of hydrogen-bond donors (Lipinski definition) is 2. The lowest BCUT2D eigenvalue weighted by atomic mass is 10.1. The molecule has 5 nitrogen and oxygen atoms in total. The second-order valence-corrected chi connectivity index (χ2v) is 5.47. The summed E-state index contributed by atoms with van der Waals surface area (Å²) in [5.74, 6) is -0.0454. The van der Waals surface area contributed by atoms with Crippen molar-refractivity contribution in [2.45, 2.75) is 0 Å². The molecule has 1 aromatic heterocycles. The van der Waals surface area contributed by atoms with Crippen LogP contribution in [0.5, 0.6) is 0 Å². The number of fused-ring (bicyclic) bond motifs is 1. The van der Waals surface area contributed by atoms with Crippen LogP contribution in [0.15, 0.2) is 55.3 Å². The number of aliphatic hydroxyl groups is 1. The van der Waals surface area contributed by atoms with Crippen LogP contribution in [0.1, 0.15) is 5.69 Å². The second kappa shape index (κ2) is 6.62. The van der Waals surface area contributed by atoms with Crippen molar-refractivity contribution in [2.24, 2.45) is 0 Å². The molecule has 0 radical (unpaired) electrons. The van der Waals surface area contributed by atoms with Crippen LogP contribution in [0, 0.1) is 0 Å². The van der Waals surface area contributed by atoms with Crippen molar-refractivity contribution >= 4 is 22.2 Å². The molecule has 1 aliphatic rings. The Kier molecular flexibility index (Phi) is 4.39. The van der Waals surface area contributed by atoms with Crippen molar-refractivity contribution in [3.8, 4) is 0 Å². The number of rotatable bonds is 4. The van der Waals surface area contributed by atoms with Gasteiger partial charge in [-0.15, -0.1) is 10.2 Å². The van der Waals surface area contributed by atoms with Crippen LogP contribution in [-0.2, 0) is 0 Å². The first kappa shape index (κ1) is 15.2. The highest BCUT2D eigenvalue weighted by atomic mass is 16.3. The van der Waals surface area contributed by atoms with E-state index >= 15 is 0 Å². The summed E-state index contributed by atoms with van der Waals surface area (Å²) in [4.78, 5) is 2.34. The molecule has 1 aliphatic heterocycles. The number of nitrogens with one attached hydrogen (secondary N) is 1. The number of nitrogens with zero attached hydrogens (tertiary/aromatic N) is 3. The fourth-order valence-corrected chi connectivity index (χ4v) is 2.72. The third kappa shape index (κ3) is 3.24. The number of benzene rings is 1. The van der Waals surface area contributed by atoms with E-state index in [4.69, 9.17) is 0 Å². The van der Waals surface area contributed by atoms with Crippen molar-refractivity contribution in [1.29, 1.82) is 0 Å². The standard InChI is InChI=1S/C18H20N4O/c1-3-4-16(13(2)23)18-11-14-5-6-15(12-17(14)20-21-18)22-9-7-19-8-10-22/h3-6,11-12,19,23H,1-2,7-10H2/b16-4+. The van der Waals surface area contributed by atoms with Gasteiger partial charge in [0.15, 0.2) is 0 Å². The molecule has 0 unspecified atom stereocenters. The van der Waals surface area contributed by atoms with Crippen LogP contribution in [0.3, 0.4) is 0 Å². The van der Waals surface area contributed by atoms with Gasteiger partial charge in [-0.1, -0.05) is 25.3 Å². The highest BCUT2D eigenvalue weighted by Crippen LogP contribution is 2.24. The Hall–Kier alpha value is -2.66. The zero-order chi connectivity index (χ0) is 16.2. The van der Waals surface area contributed by atoms with Gasteiger partial charge in [-0.3, -0.25) is 0 Å². The monoisotopic (exact) mass is 308 g/mol. The first-order valence-electron chi connectivity index (χ1n) is 7.63. The molecule has 2 heterocycles.